The second-order valence-corrected chi connectivity index (χ2v) is 6.16. The Kier molecular flexibility index (Phi) is 3.06. The number of anilines is 1. The lowest BCUT2D eigenvalue weighted by Gasteiger charge is -2.04. The zero-order valence-electron chi connectivity index (χ0n) is 11.5. The molecule has 0 radical (unpaired) electrons. The fourth-order valence-electron chi connectivity index (χ4n) is 2.18. The third kappa shape index (κ3) is 2.32. The van der Waals surface area contributed by atoms with Crippen LogP contribution in [0.1, 0.15) is 26.0 Å². The summed E-state index contributed by atoms with van der Waals surface area (Å²) in [5.41, 5.74) is 2.92. The van der Waals surface area contributed by atoms with Gasteiger partial charge in [-0.05, 0) is 38.1 Å². The number of aromatic nitrogens is 1. The molecule has 102 valence electrons. The van der Waals surface area contributed by atoms with Crippen molar-refractivity contribution >= 4 is 34.0 Å². The maximum absolute atomic E-state index is 12.2. The van der Waals surface area contributed by atoms with Gasteiger partial charge in [-0.3, -0.25) is 4.79 Å². The van der Waals surface area contributed by atoms with E-state index in [0.717, 1.165) is 32.1 Å². The summed E-state index contributed by atoms with van der Waals surface area (Å²) in [7, 11) is 0. The lowest BCUT2D eigenvalue weighted by atomic mass is 10.2. The van der Waals surface area contributed by atoms with E-state index < -0.39 is 0 Å². The van der Waals surface area contributed by atoms with Crippen LogP contribution in [0.5, 0.6) is 0 Å². The first-order chi connectivity index (χ1) is 9.52. The third-order valence-electron chi connectivity index (χ3n) is 3.04. The summed E-state index contributed by atoms with van der Waals surface area (Å²) in [6.07, 6.45) is 0. The quantitative estimate of drug-likeness (QED) is 0.772. The van der Waals surface area contributed by atoms with E-state index >= 15 is 0 Å². The van der Waals surface area contributed by atoms with E-state index in [2.05, 4.69) is 10.3 Å². The van der Waals surface area contributed by atoms with Crippen LogP contribution in [0.25, 0.3) is 11.1 Å². The maximum atomic E-state index is 12.2. The molecule has 0 bridgehead atoms. The van der Waals surface area contributed by atoms with Crippen LogP contribution in [0.4, 0.5) is 5.69 Å². The Morgan fingerprint density at radius 2 is 2.05 bits per heavy atom. The van der Waals surface area contributed by atoms with Crippen molar-refractivity contribution in [1.29, 1.82) is 0 Å². The number of thiophene rings is 1. The van der Waals surface area contributed by atoms with Gasteiger partial charge in [-0.15, -0.1) is 11.3 Å². The predicted octanol–water partition coefficient (Wildman–Crippen LogP) is 4.07. The molecule has 0 aliphatic carbocycles. The first kappa shape index (κ1) is 12.9. The summed E-state index contributed by atoms with van der Waals surface area (Å²) in [5, 5.41) is 2.90. The zero-order valence-corrected chi connectivity index (χ0v) is 12.3. The summed E-state index contributed by atoms with van der Waals surface area (Å²) in [4.78, 5) is 18.7. The van der Waals surface area contributed by atoms with E-state index in [1.807, 2.05) is 38.1 Å². The number of carbonyl (C=O) groups excluding carboxylic acids is 1. The molecule has 0 atom stereocenters. The maximum Gasteiger partial charge on any atom is 0.256 e. The van der Waals surface area contributed by atoms with Gasteiger partial charge in [0.1, 0.15) is 5.52 Å². The molecule has 4 nitrogen and oxygen atoms in total. The van der Waals surface area contributed by atoms with Crippen LogP contribution in [0.2, 0.25) is 0 Å². The molecule has 0 saturated heterocycles. The minimum Gasteiger partial charge on any atom is -0.441 e. The lowest BCUT2D eigenvalue weighted by molar-refractivity contribution is 0.102. The normalized spacial score (nSPS) is 10.9. The van der Waals surface area contributed by atoms with Crippen LogP contribution in [0.3, 0.4) is 0 Å². The summed E-state index contributed by atoms with van der Waals surface area (Å²) >= 11 is 1.63. The van der Waals surface area contributed by atoms with Crippen molar-refractivity contribution in [2.75, 3.05) is 5.32 Å². The number of fused-ring (bicyclic) bond motifs is 1. The molecule has 0 saturated carbocycles. The first-order valence-corrected chi connectivity index (χ1v) is 7.10. The lowest BCUT2D eigenvalue weighted by Crippen LogP contribution is -2.11. The Morgan fingerprint density at radius 1 is 1.25 bits per heavy atom. The number of nitrogens with one attached hydrogen (secondary N) is 1. The van der Waals surface area contributed by atoms with Gasteiger partial charge in [0.05, 0.1) is 5.56 Å². The Labute approximate surface area is 120 Å². The van der Waals surface area contributed by atoms with Crippen molar-refractivity contribution in [2.45, 2.75) is 20.8 Å². The molecular weight excluding hydrogens is 272 g/mol. The highest BCUT2D eigenvalue weighted by atomic mass is 32.1. The van der Waals surface area contributed by atoms with Crippen molar-refractivity contribution in [3.63, 3.8) is 0 Å². The molecule has 1 amide bonds. The van der Waals surface area contributed by atoms with Gasteiger partial charge in [0, 0.05) is 22.4 Å². The summed E-state index contributed by atoms with van der Waals surface area (Å²) < 4.78 is 5.41. The van der Waals surface area contributed by atoms with E-state index in [4.69, 9.17) is 4.42 Å². The minimum absolute atomic E-state index is 0.0913. The van der Waals surface area contributed by atoms with Crippen LogP contribution in [-0.4, -0.2) is 10.9 Å². The molecular formula is C15H14N2O2S. The summed E-state index contributed by atoms with van der Waals surface area (Å²) in [6.45, 7) is 5.76. The van der Waals surface area contributed by atoms with Gasteiger partial charge in [-0.2, -0.15) is 0 Å². The third-order valence-corrected chi connectivity index (χ3v) is 4.00. The average Bonchev–Trinajstić information content (AvgIpc) is 2.90. The number of amides is 1. The molecule has 20 heavy (non-hydrogen) atoms. The van der Waals surface area contributed by atoms with Crippen molar-refractivity contribution in [1.82, 2.24) is 4.98 Å². The Morgan fingerprint density at radius 3 is 2.75 bits per heavy atom. The number of hydrogen-bond acceptors (Lipinski definition) is 4. The van der Waals surface area contributed by atoms with Gasteiger partial charge in [0.2, 0.25) is 0 Å². The number of aryl methyl sites for hydroxylation is 3. The van der Waals surface area contributed by atoms with Gasteiger partial charge < -0.3 is 9.73 Å². The number of oxazole rings is 1. The average molecular weight is 286 g/mol. The van der Waals surface area contributed by atoms with Crippen molar-refractivity contribution < 1.29 is 9.21 Å². The summed E-state index contributed by atoms with van der Waals surface area (Å²) in [6, 6.07) is 7.36. The van der Waals surface area contributed by atoms with Crippen molar-refractivity contribution in [3.8, 4) is 0 Å². The second-order valence-electron chi connectivity index (χ2n) is 4.70. The zero-order chi connectivity index (χ0) is 14.3. The van der Waals surface area contributed by atoms with Crippen LogP contribution in [0, 0.1) is 20.8 Å². The number of nitrogens with zero attached hydrogens (tertiary/aromatic N) is 1. The molecule has 0 aliphatic rings. The largest absolute Gasteiger partial charge is 0.441 e. The molecule has 0 unspecified atom stereocenters. The standard InChI is InChI=1S/C15H14N2O2S/c1-8-6-12(9(2)20-8)15(18)17-11-4-5-14-13(7-11)16-10(3)19-14/h4-7H,1-3H3,(H,17,18). The van der Waals surface area contributed by atoms with E-state index in [-0.39, 0.29) is 5.91 Å². The van der Waals surface area contributed by atoms with Crippen LogP contribution in [0.15, 0.2) is 28.7 Å². The van der Waals surface area contributed by atoms with Gasteiger partial charge in [0.25, 0.3) is 5.91 Å². The number of rotatable bonds is 2. The number of benzene rings is 1. The Balaban J connectivity index is 1.88. The highest BCUT2D eigenvalue weighted by Crippen LogP contribution is 2.23. The van der Waals surface area contributed by atoms with E-state index in [9.17, 15) is 4.79 Å². The van der Waals surface area contributed by atoms with Crippen LogP contribution >= 0.6 is 11.3 Å². The fourth-order valence-corrected chi connectivity index (χ4v) is 3.10. The van der Waals surface area contributed by atoms with E-state index in [1.165, 1.54) is 0 Å². The smallest absolute Gasteiger partial charge is 0.256 e. The van der Waals surface area contributed by atoms with E-state index in [0.29, 0.717) is 5.89 Å². The molecule has 3 rings (SSSR count). The van der Waals surface area contributed by atoms with Gasteiger partial charge >= 0.3 is 0 Å². The SMILES string of the molecule is Cc1nc2cc(NC(=O)c3cc(C)sc3C)ccc2o1. The van der Waals surface area contributed by atoms with Crippen molar-refractivity contribution in [2.24, 2.45) is 0 Å². The molecule has 5 heteroatoms. The molecule has 0 aliphatic heterocycles. The summed E-state index contributed by atoms with van der Waals surface area (Å²) in [5.74, 6) is 0.527. The van der Waals surface area contributed by atoms with Gasteiger partial charge in [-0.1, -0.05) is 0 Å². The van der Waals surface area contributed by atoms with Crippen LogP contribution in [-0.2, 0) is 0 Å². The molecule has 3 aromatic rings. The van der Waals surface area contributed by atoms with Gasteiger partial charge in [0.15, 0.2) is 11.5 Å². The van der Waals surface area contributed by atoms with E-state index in [1.54, 1.807) is 18.3 Å². The number of carbonyl (C=O) groups is 1. The molecule has 0 fully saturated rings. The highest BCUT2D eigenvalue weighted by Gasteiger charge is 2.12. The second kappa shape index (κ2) is 4.76. The molecule has 0 spiro atoms. The Bertz CT molecular complexity index is 801. The Hall–Kier alpha value is -2.14. The highest BCUT2D eigenvalue weighted by molar-refractivity contribution is 7.12. The first-order valence-electron chi connectivity index (χ1n) is 6.28. The topological polar surface area (TPSA) is 55.1 Å². The fraction of sp³-hybridized carbons (Fsp3) is 0.200. The number of hydrogen-bond donors (Lipinski definition) is 1. The molecule has 1 aromatic carbocycles. The molecule has 2 heterocycles. The monoisotopic (exact) mass is 286 g/mol. The van der Waals surface area contributed by atoms with Gasteiger partial charge in [-0.25, -0.2) is 4.98 Å². The predicted molar refractivity (Wildman–Crippen MR) is 80.5 cm³/mol. The molecule has 1 N–H and O–H groups in total. The minimum atomic E-state index is -0.0913. The molecule has 2 aromatic heterocycles. The van der Waals surface area contributed by atoms with Crippen LogP contribution < -0.4 is 5.32 Å². The van der Waals surface area contributed by atoms with Crippen molar-refractivity contribution in [3.05, 3.63) is 45.5 Å².